The third-order valence-electron chi connectivity index (χ3n) is 4.15. The normalized spacial score (nSPS) is 17.1. The molecule has 0 radical (unpaired) electrons. The summed E-state index contributed by atoms with van der Waals surface area (Å²) in [6.07, 6.45) is 3.32. The maximum absolute atomic E-state index is 12.9. The van der Waals surface area contributed by atoms with Gasteiger partial charge < -0.3 is 16.0 Å². The van der Waals surface area contributed by atoms with Gasteiger partial charge in [-0.15, -0.1) is 12.4 Å². The van der Waals surface area contributed by atoms with E-state index in [0.29, 0.717) is 25.1 Å². The average molecular weight is 419 g/mol. The molecule has 5 nitrogen and oxygen atoms in total. The van der Waals surface area contributed by atoms with Crippen LogP contribution in [0.15, 0.2) is 22.7 Å². The molecule has 1 aromatic carbocycles. The zero-order valence-electron chi connectivity index (χ0n) is 13.9. The van der Waals surface area contributed by atoms with E-state index in [1.807, 2.05) is 30.0 Å². The third kappa shape index (κ3) is 5.46. The molecule has 24 heavy (non-hydrogen) atoms. The molecule has 134 valence electrons. The smallest absolute Gasteiger partial charge is 0.255 e. The Kier molecular flexibility index (Phi) is 8.73. The van der Waals surface area contributed by atoms with Gasteiger partial charge in [-0.3, -0.25) is 9.59 Å². The van der Waals surface area contributed by atoms with Gasteiger partial charge in [-0.1, -0.05) is 6.07 Å². The molecule has 1 fully saturated rings. The minimum Gasteiger partial charge on any atom is -0.354 e. The fourth-order valence-corrected chi connectivity index (χ4v) is 3.54. The fraction of sp³-hybridized carbons (Fsp3) is 0.529. The molecule has 0 spiro atoms. The van der Waals surface area contributed by atoms with E-state index in [2.05, 4.69) is 21.2 Å². The van der Waals surface area contributed by atoms with Gasteiger partial charge >= 0.3 is 0 Å². The number of aryl methyl sites for hydroxylation is 1. The molecule has 1 unspecified atom stereocenters. The van der Waals surface area contributed by atoms with Crippen LogP contribution in [-0.4, -0.2) is 42.4 Å². The van der Waals surface area contributed by atoms with Crippen molar-refractivity contribution < 1.29 is 9.59 Å². The highest BCUT2D eigenvalue weighted by molar-refractivity contribution is 9.10. The van der Waals surface area contributed by atoms with Gasteiger partial charge in [0.15, 0.2) is 0 Å². The Morgan fingerprint density at radius 2 is 2.12 bits per heavy atom. The van der Waals surface area contributed by atoms with Gasteiger partial charge in [0.1, 0.15) is 0 Å². The van der Waals surface area contributed by atoms with Crippen molar-refractivity contribution in [3.05, 3.63) is 33.8 Å². The number of hydrogen-bond donors (Lipinski definition) is 2. The fourth-order valence-electron chi connectivity index (χ4n) is 2.88. The van der Waals surface area contributed by atoms with Crippen LogP contribution in [0.25, 0.3) is 0 Å². The molecule has 1 aliphatic heterocycles. The van der Waals surface area contributed by atoms with E-state index in [-0.39, 0.29) is 30.3 Å². The second-order valence-corrected chi connectivity index (χ2v) is 6.83. The molecule has 0 aliphatic carbocycles. The molecule has 2 rings (SSSR count). The Hall–Kier alpha value is -1.11. The predicted molar refractivity (Wildman–Crippen MR) is 101 cm³/mol. The van der Waals surface area contributed by atoms with Crippen LogP contribution in [0, 0.1) is 6.92 Å². The summed E-state index contributed by atoms with van der Waals surface area (Å²) in [4.78, 5) is 26.4. The van der Waals surface area contributed by atoms with Crippen LogP contribution in [-0.2, 0) is 4.79 Å². The Labute approximate surface area is 157 Å². The number of piperidine rings is 1. The highest BCUT2D eigenvalue weighted by Crippen LogP contribution is 2.24. The number of hydrogen-bond acceptors (Lipinski definition) is 3. The zero-order chi connectivity index (χ0) is 16.8. The van der Waals surface area contributed by atoms with Crippen molar-refractivity contribution in [2.24, 2.45) is 5.73 Å². The summed E-state index contributed by atoms with van der Waals surface area (Å²) < 4.78 is 0.819. The van der Waals surface area contributed by atoms with Gasteiger partial charge in [-0.2, -0.15) is 0 Å². The molecule has 1 heterocycles. The van der Waals surface area contributed by atoms with E-state index in [4.69, 9.17) is 5.73 Å². The molecule has 1 aliphatic rings. The number of benzene rings is 1. The molecular weight excluding hydrogens is 394 g/mol. The number of nitrogens with one attached hydrogen (secondary N) is 1. The molecule has 0 bridgehead atoms. The highest BCUT2D eigenvalue weighted by atomic mass is 79.9. The standard InChI is InChI=1S/C17H24BrN3O2.ClH/c1-12-5-6-14(15(18)10-12)17(23)21-9-3-2-4-13(21)11-20-16(22)7-8-19;/h5-6,10,13H,2-4,7-9,11,19H2,1H3,(H,20,22);1H. The van der Waals surface area contributed by atoms with Crippen molar-refractivity contribution >= 4 is 40.2 Å². The first kappa shape index (κ1) is 20.9. The number of halogens is 2. The topological polar surface area (TPSA) is 75.4 Å². The number of nitrogens with zero attached hydrogens (tertiary/aromatic N) is 1. The Balaban J connectivity index is 0.00000288. The van der Waals surface area contributed by atoms with Crippen LogP contribution in [0.3, 0.4) is 0 Å². The first-order valence-electron chi connectivity index (χ1n) is 8.07. The van der Waals surface area contributed by atoms with E-state index in [0.717, 1.165) is 35.8 Å². The second kappa shape index (κ2) is 10.0. The van der Waals surface area contributed by atoms with Crippen molar-refractivity contribution in [2.75, 3.05) is 19.6 Å². The molecule has 1 aromatic rings. The van der Waals surface area contributed by atoms with Crippen LogP contribution in [0.5, 0.6) is 0 Å². The highest BCUT2D eigenvalue weighted by Gasteiger charge is 2.28. The maximum Gasteiger partial charge on any atom is 0.255 e. The van der Waals surface area contributed by atoms with Gasteiger partial charge in [0.05, 0.1) is 5.56 Å². The lowest BCUT2D eigenvalue weighted by atomic mass is 10.00. The van der Waals surface area contributed by atoms with E-state index in [9.17, 15) is 9.59 Å². The first-order chi connectivity index (χ1) is 11.0. The minimum absolute atomic E-state index is 0. The predicted octanol–water partition coefficient (Wildman–Crippen LogP) is 2.64. The average Bonchev–Trinajstić information content (AvgIpc) is 2.53. The molecule has 0 saturated carbocycles. The summed E-state index contributed by atoms with van der Waals surface area (Å²) in [5.41, 5.74) is 7.17. The zero-order valence-corrected chi connectivity index (χ0v) is 16.3. The monoisotopic (exact) mass is 417 g/mol. The molecule has 2 amide bonds. The number of rotatable bonds is 5. The van der Waals surface area contributed by atoms with E-state index in [1.54, 1.807) is 0 Å². The summed E-state index contributed by atoms with van der Waals surface area (Å²) in [5.74, 6) is -0.0309. The van der Waals surface area contributed by atoms with E-state index in [1.165, 1.54) is 0 Å². The van der Waals surface area contributed by atoms with Crippen molar-refractivity contribution in [3.8, 4) is 0 Å². The molecular formula is C17H25BrClN3O2. The van der Waals surface area contributed by atoms with E-state index >= 15 is 0 Å². The van der Waals surface area contributed by atoms with Crippen molar-refractivity contribution in [3.63, 3.8) is 0 Å². The summed E-state index contributed by atoms with van der Waals surface area (Å²) in [6.45, 7) is 3.57. The number of carbonyl (C=O) groups excluding carboxylic acids is 2. The number of nitrogens with two attached hydrogens (primary N) is 1. The molecule has 7 heteroatoms. The lowest BCUT2D eigenvalue weighted by Crippen LogP contribution is -2.49. The van der Waals surface area contributed by atoms with Gasteiger partial charge in [0.25, 0.3) is 5.91 Å². The molecule has 1 saturated heterocycles. The van der Waals surface area contributed by atoms with Crippen LogP contribution in [0.2, 0.25) is 0 Å². The lowest BCUT2D eigenvalue weighted by molar-refractivity contribution is -0.121. The maximum atomic E-state index is 12.9. The van der Waals surface area contributed by atoms with Gasteiger partial charge in [0.2, 0.25) is 5.91 Å². The van der Waals surface area contributed by atoms with Crippen molar-refractivity contribution in [1.82, 2.24) is 10.2 Å². The number of carbonyl (C=O) groups is 2. The summed E-state index contributed by atoms with van der Waals surface area (Å²) >= 11 is 3.49. The molecule has 1 atom stereocenters. The Morgan fingerprint density at radius 1 is 1.38 bits per heavy atom. The number of amides is 2. The summed E-state index contributed by atoms with van der Waals surface area (Å²) in [6, 6.07) is 5.81. The summed E-state index contributed by atoms with van der Waals surface area (Å²) in [5, 5.41) is 2.89. The minimum atomic E-state index is -0.0537. The van der Waals surface area contributed by atoms with Gasteiger partial charge in [-0.05, 0) is 59.8 Å². The lowest BCUT2D eigenvalue weighted by Gasteiger charge is -2.36. The van der Waals surface area contributed by atoms with E-state index < -0.39 is 0 Å². The second-order valence-electron chi connectivity index (χ2n) is 5.97. The molecule has 0 aromatic heterocycles. The first-order valence-corrected chi connectivity index (χ1v) is 8.86. The molecule has 3 N–H and O–H groups in total. The third-order valence-corrected chi connectivity index (χ3v) is 4.81. The van der Waals surface area contributed by atoms with Crippen molar-refractivity contribution in [2.45, 2.75) is 38.6 Å². The Morgan fingerprint density at radius 3 is 2.79 bits per heavy atom. The number of likely N-dealkylation sites (tertiary alicyclic amines) is 1. The van der Waals surface area contributed by atoms with Crippen molar-refractivity contribution in [1.29, 1.82) is 0 Å². The SMILES string of the molecule is Cc1ccc(C(=O)N2CCCCC2CNC(=O)CCN)c(Br)c1.Cl. The van der Waals surface area contributed by atoms with Gasteiger partial charge in [-0.25, -0.2) is 0 Å². The Bertz CT molecular complexity index is 583. The van der Waals surface area contributed by atoms with Crippen LogP contribution < -0.4 is 11.1 Å². The van der Waals surface area contributed by atoms with Gasteiger partial charge in [0, 0.05) is 36.6 Å². The quantitative estimate of drug-likeness (QED) is 0.772. The largest absolute Gasteiger partial charge is 0.354 e. The van der Waals surface area contributed by atoms with Crippen LogP contribution >= 0.6 is 28.3 Å². The van der Waals surface area contributed by atoms with Crippen LogP contribution in [0.4, 0.5) is 0 Å². The summed E-state index contributed by atoms with van der Waals surface area (Å²) in [7, 11) is 0. The van der Waals surface area contributed by atoms with Crippen LogP contribution in [0.1, 0.15) is 41.6 Å².